The molecule has 2 N–H and O–H groups in total. The Hall–Kier alpha value is -2.68. The molecule has 1 aliphatic carbocycles. The van der Waals surface area contributed by atoms with Gasteiger partial charge in [-0.25, -0.2) is 4.79 Å². The molecule has 2 amide bonds. The van der Waals surface area contributed by atoms with Gasteiger partial charge < -0.3 is 15.4 Å². The second-order valence-electron chi connectivity index (χ2n) is 6.42. The quantitative estimate of drug-likeness (QED) is 0.562. The molecule has 1 aromatic carbocycles. The van der Waals surface area contributed by atoms with Gasteiger partial charge in [0.05, 0.1) is 12.2 Å². The van der Waals surface area contributed by atoms with Gasteiger partial charge in [0, 0.05) is 17.8 Å². The Balaban J connectivity index is 1.51. The van der Waals surface area contributed by atoms with Gasteiger partial charge in [0.15, 0.2) is 5.17 Å². The fourth-order valence-corrected chi connectivity index (χ4v) is 3.79. The molecule has 1 atom stereocenters. The van der Waals surface area contributed by atoms with Crippen LogP contribution in [0.3, 0.4) is 0 Å². The second kappa shape index (κ2) is 9.50. The van der Waals surface area contributed by atoms with Crippen molar-refractivity contribution in [3.63, 3.8) is 0 Å². The van der Waals surface area contributed by atoms with Gasteiger partial charge in [-0.15, -0.1) is 5.10 Å². The second-order valence-corrected chi connectivity index (χ2v) is 7.62. The third-order valence-corrected chi connectivity index (χ3v) is 5.36. The Morgan fingerprint density at radius 1 is 1.21 bits per heavy atom. The molecule has 2 aliphatic rings. The number of esters is 1. The van der Waals surface area contributed by atoms with Crippen LogP contribution < -0.4 is 10.6 Å². The summed E-state index contributed by atoms with van der Waals surface area (Å²) in [5, 5.41) is 13.6. The van der Waals surface area contributed by atoms with E-state index in [9.17, 15) is 14.4 Å². The van der Waals surface area contributed by atoms with E-state index in [4.69, 9.17) is 4.74 Å². The van der Waals surface area contributed by atoms with Crippen LogP contribution in [0.15, 0.2) is 34.5 Å². The average Bonchev–Trinajstić information content (AvgIpc) is 3.31. The fourth-order valence-electron chi connectivity index (χ4n) is 2.87. The van der Waals surface area contributed by atoms with Crippen molar-refractivity contribution in [3.05, 3.63) is 29.8 Å². The van der Waals surface area contributed by atoms with Crippen molar-refractivity contribution in [2.45, 2.75) is 44.3 Å². The molecule has 0 spiro atoms. The molecule has 1 aliphatic heterocycles. The first-order chi connectivity index (χ1) is 13.5. The molecule has 2 fully saturated rings. The van der Waals surface area contributed by atoms with Crippen molar-refractivity contribution in [2.75, 3.05) is 11.9 Å². The molecule has 1 saturated heterocycles. The van der Waals surface area contributed by atoms with E-state index < -0.39 is 11.2 Å². The maximum absolute atomic E-state index is 12.2. The van der Waals surface area contributed by atoms with E-state index in [0.717, 1.165) is 31.4 Å². The number of anilines is 1. The van der Waals surface area contributed by atoms with Crippen LogP contribution in [0.1, 0.15) is 49.4 Å². The molecule has 0 unspecified atom stereocenters. The van der Waals surface area contributed by atoms with Gasteiger partial charge in [0.1, 0.15) is 5.25 Å². The van der Waals surface area contributed by atoms with Crippen LogP contribution in [0.5, 0.6) is 0 Å². The molecule has 3 rings (SSSR count). The van der Waals surface area contributed by atoms with Crippen molar-refractivity contribution in [2.24, 2.45) is 10.2 Å². The van der Waals surface area contributed by atoms with E-state index in [-0.39, 0.29) is 18.2 Å². The fraction of sp³-hybridized carbons (Fsp3) is 0.421. The molecular formula is C19H22N4O4S. The molecule has 1 saturated carbocycles. The van der Waals surface area contributed by atoms with Crippen molar-refractivity contribution in [3.8, 4) is 0 Å². The van der Waals surface area contributed by atoms with Gasteiger partial charge in [-0.1, -0.05) is 11.8 Å². The number of amidine groups is 1. The lowest BCUT2D eigenvalue weighted by Gasteiger charge is -2.08. The van der Waals surface area contributed by atoms with Crippen LogP contribution in [0, 0.1) is 0 Å². The zero-order valence-corrected chi connectivity index (χ0v) is 16.4. The number of rotatable bonds is 6. The highest BCUT2D eigenvalue weighted by Crippen LogP contribution is 2.24. The number of carbonyl (C=O) groups is 3. The number of hydrogen-bond donors (Lipinski definition) is 2. The predicted molar refractivity (Wildman–Crippen MR) is 109 cm³/mol. The van der Waals surface area contributed by atoms with Crippen LogP contribution in [-0.2, 0) is 14.3 Å². The zero-order chi connectivity index (χ0) is 19.9. The number of amides is 2. The van der Waals surface area contributed by atoms with Gasteiger partial charge >= 0.3 is 5.97 Å². The van der Waals surface area contributed by atoms with Crippen LogP contribution in [0.2, 0.25) is 0 Å². The van der Waals surface area contributed by atoms with E-state index in [2.05, 4.69) is 20.8 Å². The van der Waals surface area contributed by atoms with Crippen LogP contribution in [0.25, 0.3) is 0 Å². The summed E-state index contributed by atoms with van der Waals surface area (Å²) in [7, 11) is 0. The normalized spacial score (nSPS) is 20.2. The summed E-state index contributed by atoms with van der Waals surface area (Å²) in [6.07, 6.45) is 4.19. The SMILES string of the molecule is CCOC(=O)c1ccc(NC(=O)C[C@H]2S/C(=N/N=C3CCCC3)NC2=O)cc1. The van der Waals surface area contributed by atoms with Gasteiger partial charge in [0.25, 0.3) is 0 Å². The summed E-state index contributed by atoms with van der Waals surface area (Å²) in [6.45, 7) is 2.04. The van der Waals surface area contributed by atoms with Gasteiger partial charge in [-0.2, -0.15) is 5.10 Å². The molecule has 8 nitrogen and oxygen atoms in total. The highest BCUT2D eigenvalue weighted by Gasteiger charge is 2.32. The summed E-state index contributed by atoms with van der Waals surface area (Å²) in [6, 6.07) is 6.41. The summed E-state index contributed by atoms with van der Waals surface area (Å²) < 4.78 is 4.92. The minimum atomic E-state index is -0.540. The van der Waals surface area contributed by atoms with Crippen molar-refractivity contribution >= 4 is 46.1 Å². The number of benzene rings is 1. The summed E-state index contributed by atoms with van der Waals surface area (Å²) in [4.78, 5) is 35.9. The maximum atomic E-state index is 12.2. The van der Waals surface area contributed by atoms with E-state index in [1.165, 1.54) is 11.8 Å². The number of nitrogens with one attached hydrogen (secondary N) is 2. The zero-order valence-electron chi connectivity index (χ0n) is 15.6. The van der Waals surface area contributed by atoms with Gasteiger partial charge in [-0.05, 0) is 56.9 Å². The summed E-state index contributed by atoms with van der Waals surface area (Å²) in [5.41, 5.74) is 2.01. The van der Waals surface area contributed by atoms with Gasteiger partial charge in [-0.3, -0.25) is 9.59 Å². The molecule has 0 aromatic heterocycles. The van der Waals surface area contributed by atoms with E-state index in [0.29, 0.717) is 23.0 Å². The molecule has 1 aromatic rings. The van der Waals surface area contributed by atoms with E-state index >= 15 is 0 Å². The third-order valence-electron chi connectivity index (χ3n) is 4.29. The smallest absolute Gasteiger partial charge is 0.338 e. The summed E-state index contributed by atoms with van der Waals surface area (Å²) >= 11 is 1.21. The Bertz CT molecular complexity index is 812. The average molecular weight is 402 g/mol. The third kappa shape index (κ3) is 5.41. The molecular weight excluding hydrogens is 380 g/mol. The topological polar surface area (TPSA) is 109 Å². The molecule has 0 radical (unpaired) electrons. The Kier molecular flexibility index (Phi) is 6.80. The van der Waals surface area contributed by atoms with Gasteiger partial charge in [0.2, 0.25) is 11.8 Å². The van der Waals surface area contributed by atoms with Crippen molar-refractivity contribution in [1.29, 1.82) is 0 Å². The molecule has 148 valence electrons. The molecule has 0 bridgehead atoms. The first-order valence-electron chi connectivity index (χ1n) is 9.23. The Morgan fingerprint density at radius 2 is 1.93 bits per heavy atom. The van der Waals surface area contributed by atoms with Crippen LogP contribution in [-0.4, -0.2) is 40.5 Å². The van der Waals surface area contributed by atoms with E-state index in [1.54, 1.807) is 31.2 Å². The minimum Gasteiger partial charge on any atom is -0.462 e. The minimum absolute atomic E-state index is 0.0196. The lowest BCUT2D eigenvalue weighted by atomic mass is 10.2. The molecule has 1 heterocycles. The highest BCUT2D eigenvalue weighted by atomic mass is 32.2. The summed E-state index contributed by atoms with van der Waals surface area (Å²) in [5.74, 6) is -0.949. The number of ether oxygens (including phenoxy) is 1. The Morgan fingerprint density at radius 3 is 2.61 bits per heavy atom. The maximum Gasteiger partial charge on any atom is 0.338 e. The predicted octanol–water partition coefficient (Wildman–Crippen LogP) is 2.71. The number of thioether (sulfide) groups is 1. The van der Waals surface area contributed by atoms with Crippen LogP contribution in [0.4, 0.5) is 5.69 Å². The first-order valence-corrected chi connectivity index (χ1v) is 10.1. The molecule has 28 heavy (non-hydrogen) atoms. The standard InChI is InChI=1S/C19H22N4O4S/c1-2-27-18(26)12-7-9-13(10-8-12)20-16(24)11-15-17(25)21-19(28-15)23-22-14-5-3-4-6-14/h7-10,15H,2-6,11H2,1H3,(H,20,24)(H,21,23,25)/t15-/m1/s1. The monoisotopic (exact) mass is 402 g/mol. The number of hydrogen-bond acceptors (Lipinski definition) is 7. The van der Waals surface area contributed by atoms with Crippen LogP contribution >= 0.6 is 11.8 Å². The van der Waals surface area contributed by atoms with Crippen molar-refractivity contribution in [1.82, 2.24) is 5.32 Å². The van der Waals surface area contributed by atoms with E-state index in [1.807, 2.05) is 0 Å². The Labute approximate surface area is 167 Å². The van der Waals surface area contributed by atoms with Crippen molar-refractivity contribution < 1.29 is 19.1 Å². The largest absolute Gasteiger partial charge is 0.462 e. The number of nitrogens with zero attached hydrogens (tertiary/aromatic N) is 2. The lowest BCUT2D eigenvalue weighted by molar-refractivity contribution is -0.122. The lowest BCUT2D eigenvalue weighted by Crippen LogP contribution is -2.28. The molecule has 9 heteroatoms. The first kappa shape index (κ1) is 20.1. The highest BCUT2D eigenvalue weighted by molar-refractivity contribution is 8.15. The number of carbonyl (C=O) groups excluding carboxylic acids is 3.